The lowest BCUT2D eigenvalue weighted by Gasteiger charge is -2.15. The number of rotatable bonds is 8. The monoisotopic (exact) mass is 465 g/mol. The van der Waals surface area contributed by atoms with E-state index in [2.05, 4.69) is 17.2 Å². The van der Waals surface area contributed by atoms with E-state index >= 15 is 0 Å². The average Bonchev–Trinajstić information content (AvgIpc) is 2.83. The molecule has 0 atom stereocenters. The SMILES string of the molecule is C=C(/C=C(\Nc1cccc(CN)c1)C(=O)Nc1cccc(C(=O)c2ccccc2)c1)C(F)(F)F. The number of alkyl halides is 3. The van der Waals surface area contributed by atoms with Gasteiger partial charge in [-0.2, -0.15) is 13.2 Å². The Morgan fingerprint density at radius 1 is 0.853 bits per heavy atom. The van der Waals surface area contributed by atoms with Gasteiger partial charge in [-0.25, -0.2) is 0 Å². The number of hydrogen-bond acceptors (Lipinski definition) is 4. The van der Waals surface area contributed by atoms with Crippen molar-refractivity contribution in [2.24, 2.45) is 5.73 Å². The zero-order valence-electron chi connectivity index (χ0n) is 18.0. The Kier molecular flexibility index (Phi) is 7.65. The quantitative estimate of drug-likeness (QED) is 0.235. The van der Waals surface area contributed by atoms with Crippen LogP contribution in [0, 0.1) is 0 Å². The van der Waals surface area contributed by atoms with E-state index in [9.17, 15) is 22.8 Å². The minimum atomic E-state index is -4.71. The van der Waals surface area contributed by atoms with Crippen molar-refractivity contribution < 1.29 is 22.8 Å². The summed E-state index contributed by atoms with van der Waals surface area (Å²) in [5.74, 6) is -1.09. The predicted molar refractivity (Wildman–Crippen MR) is 126 cm³/mol. The molecule has 0 saturated heterocycles. The third-order valence-corrected chi connectivity index (χ3v) is 4.79. The molecule has 0 aliphatic heterocycles. The van der Waals surface area contributed by atoms with Crippen molar-refractivity contribution in [3.8, 4) is 0 Å². The van der Waals surface area contributed by atoms with Gasteiger partial charge in [0.25, 0.3) is 5.91 Å². The normalized spacial score (nSPS) is 11.6. The Morgan fingerprint density at radius 3 is 2.12 bits per heavy atom. The van der Waals surface area contributed by atoms with Crippen LogP contribution in [0.15, 0.2) is 103 Å². The summed E-state index contributed by atoms with van der Waals surface area (Å²) >= 11 is 0. The number of nitrogens with two attached hydrogens (primary N) is 1. The second kappa shape index (κ2) is 10.6. The van der Waals surface area contributed by atoms with E-state index in [1.54, 1.807) is 66.7 Å². The predicted octanol–water partition coefficient (Wildman–Crippen LogP) is 5.43. The number of allylic oxidation sites excluding steroid dienone is 2. The van der Waals surface area contributed by atoms with Crippen molar-refractivity contribution >= 4 is 23.1 Å². The van der Waals surface area contributed by atoms with Crippen molar-refractivity contribution in [3.63, 3.8) is 0 Å². The first-order valence-corrected chi connectivity index (χ1v) is 10.2. The average molecular weight is 465 g/mol. The molecule has 0 spiro atoms. The number of amides is 1. The molecule has 0 radical (unpaired) electrons. The molecule has 0 aliphatic carbocycles. The van der Waals surface area contributed by atoms with Gasteiger partial charge < -0.3 is 16.4 Å². The first-order chi connectivity index (χ1) is 16.2. The second-order valence-electron chi connectivity index (χ2n) is 7.34. The molecule has 0 saturated carbocycles. The van der Waals surface area contributed by atoms with E-state index in [-0.39, 0.29) is 23.7 Å². The summed E-state index contributed by atoms with van der Waals surface area (Å²) in [4.78, 5) is 25.6. The zero-order valence-corrected chi connectivity index (χ0v) is 18.0. The summed E-state index contributed by atoms with van der Waals surface area (Å²) in [5.41, 5.74) is 6.18. The zero-order chi connectivity index (χ0) is 24.7. The van der Waals surface area contributed by atoms with Crippen LogP contribution in [-0.4, -0.2) is 17.9 Å². The van der Waals surface area contributed by atoms with Crippen LogP contribution in [0.2, 0.25) is 0 Å². The standard InChI is InChI=1S/C26H22F3N3O2/c1-17(26(27,28)29)13-23(31-21-11-5-7-18(14-21)16-30)25(34)32-22-12-6-10-20(15-22)24(33)19-8-3-2-4-9-19/h2-15,31H,1,16,30H2,(H,32,34)/b23-13-. The lowest BCUT2D eigenvalue weighted by atomic mass is 10.0. The molecule has 0 aliphatic rings. The van der Waals surface area contributed by atoms with Crippen LogP contribution in [0.3, 0.4) is 0 Å². The molecule has 0 fully saturated rings. The summed E-state index contributed by atoms with van der Waals surface area (Å²) in [6, 6.07) is 21.3. The van der Waals surface area contributed by atoms with Crippen molar-refractivity contribution in [2.45, 2.75) is 12.7 Å². The van der Waals surface area contributed by atoms with Crippen molar-refractivity contribution in [1.82, 2.24) is 0 Å². The maximum Gasteiger partial charge on any atom is 0.415 e. The molecule has 0 heterocycles. The molecule has 0 unspecified atom stereocenters. The van der Waals surface area contributed by atoms with Gasteiger partial charge in [-0.15, -0.1) is 0 Å². The maximum absolute atomic E-state index is 13.1. The molecule has 174 valence electrons. The molecule has 3 aromatic carbocycles. The Balaban J connectivity index is 1.87. The molecule has 1 amide bonds. The second-order valence-corrected chi connectivity index (χ2v) is 7.34. The van der Waals surface area contributed by atoms with E-state index in [4.69, 9.17) is 5.73 Å². The van der Waals surface area contributed by atoms with Crippen LogP contribution >= 0.6 is 0 Å². The summed E-state index contributed by atoms with van der Waals surface area (Å²) in [6.07, 6.45) is -4.09. The van der Waals surface area contributed by atoms with E-state index < -0.39 is 17.7 Å². The van der Waals surface area contributed by atoms with Crippen LogP contribution < -0.4 is 16.4 Å². The fraction of sp³-hybridized carbons (Fsp3) is 0.0769. The number of carbonyl (C=O) groups excluding carboxylic acids is 2. The van der Waals surface area contributed by atoms with Crippen LogP contribution in [0.1, 0.15) is 21.5 Å². The van der Waals surface area contributed by atoms with E-state index in [0.29, 0.717) is 22.9 Å². The number of anilines is 2. The van der Waals surface area contributed by atoms with E-state index in [0.717, 1.165) is 5.56 Å². The van der Waals surface area contributed by atoms with Gasteiger partial charge in [0.05, 0.1) is 5.57 Å². The van der Waals surface area contributed by atoms with Crippen molar-refractivity contribution in [1.29, 1.82) is 0 Å². The lowest BCUT2D eigenvalue weighted by Crippen LogP contribution is -2.22. The molecule has 34 heavy (non-hydrogen) atoms. The van der Waals surface area contributed by atoms with Gasteiger partial charge in [-0.3, -0.25) is 9.59 Å². The van der Waals surface area contributed by atoms with Crippen LogP contribution in [-0.2, 0) is 11.3 Å². The minimum absolute atomic E-state index is 0.220. The summed E-state index contributed by atoms with van der Waals surface area (Å²) in [7, 11) is 0. The minimum Gasteiger partial charge on any atom is -0.351 e. The van der Waals surface area contributed by atoms with Crippen LogP contribution in [0.25, 0.3) is 0 Å². The van der Waals surface area contributed by atoms with Gasteiger partial charge in [0.2, 0.25) is 0 Å². The summed E-state index contributed by atoms with van der Waals surface area (Å²) < 4.78 is 39.3. The highest BCUT2D eigenvalue weighted by Crippen LogP contribution is 2.27. The maximum atomic E-state index is 13.1. The molecule has 0 bridgehead atoms. The van der Waals surface area contributed by atoms with Crippen molar-refractivity contribution in [2.75, 3.05) is 10.6 Å². The Morgan fingerprint density at radius 2 is 1.47 bits per heavy atom. The van der Waals surface area contributed by atoms with Gasteiger partial charge in [0.15, 0.2) is 5.78 Å². The number of halogens is 3. The fourth-order valence-electron chi connectivity index (χ4n) is 3.04. The number of hydrogen-bond donors (Lipinski definition) is 3. The van der Waals surface area contributed by atoms with Gasteiger partial charge in [-0.05, 0) is 35.9 Å². The number of ketones is 1. The first-order valence-electron chi connectivity index (χ1n) is 10.2. The lowest BCUT2D eigenvalue weighted by molar-refractivity contribution is -0.112. The van der Waals surface area contributed by atoms with Gasteiger partial charge in [-0.1, -0.05) is 61.2 Å². The van der Waals surface area contributed by atoms with Crippen molar-refractivity contribution in [3.05, 3.63) is 119 Å². The molecule has 3 rings (SSSR count). The molecule has 3 aromatic rings. The highest BCUT2D eigenvalue weighted by atomic mass is 19.4. The highest BCUT2D eigenvalue weighted by molar-refractivity contribution is 6.10. The summed E-state index contributed by atoms with van der Waals surface area (Å²) in [6.45, 7) is 3.24. The van der Waals surface area contributed by atoms with Gasteiger partial charge in [0, 0.05) is 29.0 Å². The number of nitrogens with one attached hydrogen (secondary N) is 2. The molecule has 8 heteroatoms. The number of carbonyl (C=O) groups is 2. The van der Waals surface area contributed by atoms with Gasteiger partial charge >= 0.3 is 6.18 Å². The Hall–Kier alpha value is -4.17. The third-order valence-electron chi connectivity index (χ3n) is 4.79. The highest BCUT2D eigenvalue weighted by Gasteiger charge is 2.31. The third kappa shape index (κ3) is 6.43. The van der Waals surface area contributed by atoms with Crippen LogP contribution in [0.4, 0.5) is 24.5 Å². The number of benzene rings is 3. The Bertz CT molecular complexity index is 1240. The summed E-state index contributed by atoms with van der Waals surface area (Å²) in [5, 5.41) is 5.25. The van der Waals surface area contributed by atoms with Gasteiger partial charge in [0.1, 0.15) is 5.70 Å². The largest absolute Gasteiger partial charge is 0.415 e. The molecular formula is C26H22F3N3O2. The smallest absolute Gasteiger partial charge is 0.351 e. The molecular weight excluding hydrogens is 443 g/mol. The topological polar surface area (TPSA) is 84.2 Å². The first kappa shape index (κ1) is 24.5. The Labute approximate surface area is 194 Å². The molecule has 0 aromatic heterocycles. The molecule has 4 N–H and O–H groups in total. The van der Waals surface area contributed by atoms with Crippen LogP contribution in [0.5, 0.6) is 0 Å². The fourth-order valence-corrected chi connectivity index (χ4v) is 3.04. The van der Waals surface area contributed by atoms with E-state index in [1.807, 2.05) is 0 Å². The molecule has 5 nitrogen and oxygen atoms in total. The van der Waals surface area contributed by atoms with E-state index in [1.165, 1.54) is 12.1 Å².